The SMILES string of the molecule is O=Cc1cc2c(s1)COC2. The minimum atomic E-state index is 0.680. The van der Waals surface area contributed by atoms with E-state index in [0.29, 0.717) is 13.2 Å². The number of ether oxygens (including phenoxy) is 1. The van der Waals surface area contributed by atoms with Crippen LogP contribution in [0, 0.1) is 0 Å². The summed E-state index contributed by atoms with van der Waals surface area (Å²) in [6.45, 7) is 1.37. The van der Waals surface area contributed by atoms with Crippen molar-refractivity contribution in [3.05, 3.63) is 21.4 Å². The first-order valence-electron chi connectivity index (χ1n) is 3.04. The topological polar surface area (TPSA) is 26.3 Å². The summed E-state index contributed by atoms with van der Waals surface area (Å²) in [5.74, 6) is 0. The second kappa shape index (κ2) is 2.18. The standard InChI is InChI=1S/C7H6O2S/c8-2-6-1-5-3-9-4-7(5)10-6/h1-2H,3-4H2. The zero-order chi connectivity index (χ0) is 6.97. The van der Waals surface area contributed by atoms with Crippen molar-refractivity contribution < 1.29 is 9.53 Å². The van der Waals surface area contributed by atoms with Crippen LogP contribution in [0.3, 0.4) is 0 Å². The Kier molecular flexibility index (Phi) is 1.32. The van der Waals surface area contributed by atoms with Crippen LogP contribution in [0.1, 0.15) is 20.1 Å². The third-order valence-corrected chi connectivity index (χ3v) is 2.60. The van der Waals surface area contributed by atoms with Crippen molar-refractivity contribution in [3.8, 4) is 0 Å². The van der Waals surface area contributed by atoms with Gasteiger partial charge in [-0.2, -0.15) is 0 Å². The van der Waals surface area contributed by atoms with Crippen LogP contribution >= 0.6 is 11.3 Å². The Labute approximate surface area is 62.4 Å². The van der Waals surface area contributed by atoms with Crippen molar-refractivity contribution in [3.63, 3.8) is 0 Å². The molecule has 10 heavy (non-hydrogen) atoms. The molecule has 3 heteroatoms. The van der Waals surface area contributed by atoms with Gasteiger partial charge in [-0.25, -0.2) is 0 Å². The van der Waals surface area contributed by atoms with Crippen LogP contribution in [-0.4, -0.2) is 6.29 Å². The number of thiophene rings is 1. The van der Waals surface area contributed by atoms with Gasteiger partial charge in [0.05, 0.1) is 18.1 Å². The number of carbonyl (C=O) groups excluding carboxylic acids is 1. The molecule has 0 saturated heterocycles. The highest BCUT2D eigenvalue weighted by atomic mass is 32.1. The van der Waals surface area contributed by atoms with Gasteiger partial charge in [0.15, 0.2) is 6.29 Å². The van der Waals surface area contributed by atoms with E-state index in [9.17, 15) is 4.79 Å². The van der Waals surface area contributed by atoms with Gasteiger partial charge in [-0.05, 0) is 11.6 Å². The summed E-state index contributed by atoms with van der Waals surface area (Å²) in [7, 11) is 0. The van der Waals surface area contributed by atoms with Crippen LogP contribution < -0.4 is 0 Å². The lowest BCUT2D eigenvalue weighted by Gasteiger charge is -1.84. The Morgan fingerprint density at radius 3 is 3.20 bits per heavy atom. The number of fused-ring (bicyclic) bond motifs is 1. The van der Waals surface area contributed by atoms with Crippen molar-refractivity contribution in [2.24, 2.45) is 0 Å². The van der Waals surface area contributed by atoms with Crippen LogP contribution in [0.4, 0.5) is 0 Å². The summed E-state index contributed by atoms with van der Waals surface area (Å²) in [4.78, 5) is 12.3. The van der Waals surface area contributed by atoms with E-state index in [1.54, 1.807) is 0 Å². The molecule has 0 N–H and O–H groups in total. The number of aldehydes is 1. The van der Waals surface area contributed by atoms with Gasteiger partial charge in [0.25, 0.3) is 0 Å². The second-order valence-electron chi connectivity index (χ2n) is 2.21. The smallest absolute Gasteiger partial charge is 0.160 e. The first kappa shape index (κ1) is 6.07. The maximum Gasteiger partial charge on any atom is 0.160 e. The third kappa shape index (κ3) is 0.786. The van der Waals surface area contributed by atoms with E-state index in [4.69, 9.17) is 4.74 Å². The van der Waals surface area contributed by atoms with Crippen LogP contribution in [-0.2, 0) is 18.0 Å². The van der Waals surface area contributed by atoms with Gasteiger partial charge in [0.1, 0.15) is 0 Å². The Hall–Kier alpha value is -0.670. The molecule has 0 radical (unpaired) electrons. The molecule has 0 amide bonds. The van der Waals surface area contributed by atoms with Crippen LogP contribution in [0.2, 0.25) is 0 Å². The molecule has 1 aliphatic rings. The van der Waals surface area contributed by atoms with Crippen LogP contribution in [0.15, 0.2) is 6.07 Å². The van der Waals surface area contributed by atoms with E-state index in [1.165, 1.54) is 21.8 Å². The number of hydrogen-bond acceptors (Lipinski definition) is 3. The second-order valence-corrected chi connectivity index (χ2v) is 3.38. The molecule has 0 aliphatic carbocycles. The number of carbonyl (C=O) groups is 1. The van der Waals surface area contributed by atoms with E-state index in [2.05, 4.69) is 0 Å². The molecule has 1 aromatic heterocycles. The fraction of sp³-hybridized carbons (Fsp3) is 0.286. The lowest BCUT2D eigenvalue weighted by atomic mass is 10.3. The molecule has 0 aromatic carbocycles. The normalized spacial score (nSPS) is 15.2. The minimum absolute atomic E-state index is 0.680. The van der Waals surface area contributed by atoms with Gasteiger partial charge < -0.3 is 4.74 Å². The Balaban J connectivity index is 2.46. The molecule has 1 aliphatic heterocycles. The van der Waals surface area contributed by atoms with Gasteiger partial charge in [-0.1, -0.05) is 0 Å². The average Bonchev–Trinajstić information content (AvgIpc) is 2.42. The summed E-state index contributed by atoms with van der Waals surface area (Å²) in [5, 5.41) is 0. The third-order valence-electron chi connectivity index (χ3n) is 1.52. The maximum absolute atomic E-state index is 10.3. The van der Waals surface area contributed by atoms with Gasteiger partial charge >= 0.3 is 0 Å². The quantitative estimate of drug-likeness (QED) is 0.574. The van der Waals surface area contributed by atoms with E-state index in [0.717, 1.165) is 11.2 Å². The first-order valence-corrected chi connectivity index (χ1v) is 3.86. The summed E-state index contributed by atoms with van der Waals surface area (Å²) in [5.41, 5.74) is 1.19. The summed E-state index contributed by atoms with van der Waals surface area (Å²) < 4.78 is 5.15. The molecular weight excluding hydrogens is 148 g/mol. The fourth-order valence-electron chi connectivity index (χ4n) is 1.05. The number of rotatable bonds is 1. The maximum atomic E-state index is 10.3. The molecule has 2 heterocycles. The van der Waals surface area contributed by atoms with Crippen molar-refractivity contribution >= 4 is 17.6 Å². The van der Waals surface area contributed by atoms with Crippen molar-refractivity contribution in [2.45, 2.75) is 13.2 Å². The van der Waals surface area contributed by atoms with Crippen LogP contribution in [0.25, 0.3) is 0 Å². The molecule has 0 atom stereocenters. The molecular formula is C7H6O2S. The van der Waals surface area contributed by atoms with Crippen molar-refractivity contribution in [1.29, 1.82) is 0 Å². The average molecular weight is 154 g/mol. The van der Waals surface area contributed by atoms with E-state index in [-0.39, 0.29) is 0 Å². The molecule has 2 nitrogen and oxygen atoms in total. The molecule has 52 valence electrons. The molecule has 0 saturated carbocycles. The molecule has 0 bridgehead atoms. The van der Waals surface area contributed by atoms with E-state index < -0.39 is 0 Å². The molecule has 1 aromatic rings. The van der Waals surface area contributed by atoms with Crippen LogP contribution in [0.5, 0.6) is 0 Å². The predicted molar refractivity (Wildman–Crippen MR) is 38.2 cm³/mol. The summed E-state index contributed by atoms with van der Waals surface area (Å²) in [6, 6.07) is 1.90. The highest BCUT2D eigenvalue weighted by molar-refractivity contribution is 7.13. The van der Waals surface area contributed by atoms with Gasteiger partial charge in [0, 0.05) is 4.88 Å². The largest absolute Gasteiger partial charge is 0.371 e. The highest BCUT2D eigenvalue weighted by Crippen LogP contribution is 2.27. The molecule has 2 rings (SSSR count). The molecule has 0 fully saturated rings. The Morgan fingerprint density at radius 1 is 1.60 bits per heavy atom. The predicted octanol–water partition coefficient (Wildman–Crippen LogP) is 1.59. The lowest BCUT2D eigenvalue weighted by Crippen LogP contribution is -1.76. The first-order chi connectivity index (χ1) is 4.90. The van der Waals surface area contributed by atoms with E-state index in [1.807, 2.05) is 6.07 Å². The van der Waals surface area contributed by atoms with Gasteiger partial charge in [-0.15, -0.1) is 11.3 Å². The number of hydrogen-bond donors (Lipinski definition) is 0. The monoisotopic (exact) mass is 154 g/mol. The van der Waals surface area contributed by atoms with E-state index >= 15 is 0 Å². The van der Waals surface area contributed by atoms with Crippen molar-refractivity contribution in [1.82, 2.24) is 0 Å². The molecule has 0 spiro atoms. The minimum Gasteiger partial charge on any atom is -0.371 e. The summed E-state index contributed by atoms with van der Waals surface area (Å²) in [6.07, 6.45) is 0.892. The molecule has 0 unspecified atom stereocenters. The summed E-state index contributed by atoms with van der Waals surface area (Å²) >= 11 is 1.53. The van der Waals surface area contributed by atoms with Gasteiger partial charge in [0.2, 0.25) is 0 Å². The van der Waals surface area contributed by atoms with Gasteiger partial charge in [-0.3, -0.25) is 4.79 Å². The zero-order valence-electron chi connectivity index (χ0n) is 5.29. The zero-order valence-corrected chi connectivity index (χ0v) is 6.11. The Morgan fingerprint density at radius 2 is 2.50 bits per heavy atom. The lowest BCUT2D eigenvalue weighted by molar-refractivity contribution is 0.112. The highest BCUT2D eigenvalue weighted by Gasteiger charge is 2.14. The van der Waals surface area contributed by atoms with Crippen molar-refractivity contribution in [2.75, 3.05) is 0 Å². The Bertz CT molecular complexity index is 243. The fourth-order valence-corrected chi connectivity index (χ4v) is 1.97.